The van der Waals surface area contributed by atoms with Crippen LogP contribution in [0.15, 0.2) is 71.3 Å². The molecule has 1 aromatic heterocycles. The molecular formula is C19H18N2O5S. The van der Waals surface area contributed by atoms with Crippen molar-refractivity contribution < 1.29 is 22.4 Å². The number of carbonyl (C=O) groups is 1. The molecular weight excluding hydrogens is 368 g/mol. The summed E-state index contributed by atoms with van der Waals surface area (Å²) in [5.41, 5.74) is 1.38. The second-order valence-electron chi connectivity index (χ2n) is 5.79. The average Bonchev–Trinajstić information content (AvgIpc) is 3.08. The Hall–Kier alpha value is -3.26. The Balaban J connectivity index is 1.69. The molecule has 0 unspecified atom stereocenters. The molecule has 0 aliphatic carbocycles. The summed E-state index contributed by atoms with van der Waals surface area (Å²) in [5, 5.41) is 2.69. The normalized spacial score (nSPS) is 11.0. The van der Waals surface area contributed by atoms with Gasteiger partial charge < -0.3 is 14.5 Å². The van der Waals surface area contributed by atoms with Crippen LogP contribution in [0, 0.1) is 0 Å². The lowest BCUT2D eigenvalue weighted by Gasteiger charge is -2.09. The minimum absolute atomic E-state index is 0.132. The zero-order valence-corrected chi connectivity index (χ0v) is 15.3. The fraction of sp³-hybridized carbons (Fsp3) is 0.105. The number of amides is 1. The van der Waals surface area contributed by atoms with E-state index in [0.29, 0.717) is 22.7 Å². The molecule has 0 saturated heterocycles. The van der Waals surface area contributed by atoms with Gasteiger partial charge in [-0.25, -0.2) is 8.42 Å². The highest BCUT2D eigenvalue weighted by atomic mass is 32.2. The summed E-state index contributed by atoms with van der Waals surface area (Å²) < 4.78 is 36.0. The first-order valence-corrected chi connectivity index (χ1v) is 9.93. The van der Waals surface area contributed by atoms with Crippen molar-refractivity contribution in [3.8, 4) is 5.75 Å². The van der Waals surface area contributed by atoms with Gasteiger partial charge in [0.15, 0.2) is 5.76 Å². The number of sulfonamides is 1. The summed E-state index contributed by atoms with van der Waals surface area (Å²) in [6.07, 6.45) is 2.47. The van der Waals surface area contributed by atoms with Gasteiger partial charge in [0.2, 0.25) is 10.0 Å². The summed E-state index contributed by atoms with van der Waals surface area (Å²) in [7, 11) is -3.40. The first-order valence-electron chi connectivity index (χ1n) is 8.04. The third kappa shape index (κ3) is 5.35. The standard InChI is InChI=1S/C19H18N2O5S/c1-27(23,24)21-16-7-5-6-15(12-16)20-19(22)18-14(10-11-25-18)13-26-17-8-3-2-4-9-17/h2-12,21H,13H2,1H3,(H,20,22). The Morgan fingerprint density at radius 3 is 2.52 bits per heavy atom. The van der Waals surface area contributed by atoms with Gasteiger partial charge in [0.25, 0.3) is 5.91 Å². The summed E-state index contributed by atoms with van der Waals surface area (Å²) in [6, 6.07) is 17.3. The maximum absolute atomic E-state index is 12.5. The molecule has 3 aromatic rings. The molecule has 0 aliphatic heterocycles. The van der Waals surface area contributed by atoms with Gasteiger partial charge >= 0.3 is 0 Å². The van der Waals surface area contributed by atoms with Crippen molar-refractivity contribution in [2.75, 3.05) is 16.3 Å². The van der Waals surface area contributed by atoms with Gasteiger partial charge in [0.05, 0.1) is 18.2 Å². The van der Waals surface area contributed by atoms with E-state index in [2.05, 4.69) is 10.0 Å². The minimum Gasteiger partial charge on any atom is -0.489 e. The van der Waals surface area contributed by atoms with E-state index < -0.39 is 15.9 Å². The highest BCUT2D eigenvalue weighted by Gasteiger charge is 2.16. The second-order valence-corrected chi connectivity index (χ2v) is 7.53. The second kappa shape index (κ2) is 7.96. The maximum Gasteiger partial charge on any atom is 0.291 e. The molecule has 2 N–H and O–H groups in total. The van der Waals surface area contributed by atoms with Crippen molar-refractivity contribution in [1.29, 1.82) is 0 Å². The number of ether oxygens (including phenoxy) is 1. The van der Waals surface area contributed by atoms with Crippen LogP contribution in [0.1, 0.15) is 16.1 Å². The van der Waals surface area contributed by atoms with Crippen molar-refractivity contribution in [2.45, 2.75) is 6.61 Å². The smallest absolute Gasteiger partial charge is 0.291 e. The van der Waals surface area contributed by atoms with E-state index in [9.17, 15) is 13.2 Å². The molecule has 7 nitrogen and oxygen atoms in total. The zero-order valence-electron chi connectivity index (χ0n) is 14.5. The Kier molecular flexibility index (Phi) is 5.46. The lowest BCUT2D eigenvalue weighted by Crippen LogP contribution is -2.14. The molecule has 0 radical (unpaired) electrons. The first kappa shape index (κ1) is 18.5. The van der Waals surface area contributed by atoms with Gasteiger partial charge in [0.1, 0.15) is 12.4 Å². The van der Waals surface area contributed by atoms with Crippen molar-refractivity contribution in [2.24, 2.45) is 0 Å². The molecule has 8 heteroatoms. The Bertz CT molecular complexity index is 1030. The van der Waals surface area contributed by atoms with Crippen molar-refractivity contribution in [3.05, 3.63) is 78.3 Å². The van der Waals surface area contributed by atoms with Crippen LogP contribution in [0.2, 0.25) is 0 Å². The van der Waals surface area contributed by atoms with E-state index in [0.717, 1.165) is 6.26 Å². The van der Waals surface area contributed by atoms with Crippen LogP contribution in [0.3, 0.4) is 0 Å². The van der Waals surface area contributed by atoms with Crippen LogP contribution in [0.4, 0.5) is 11.4 Å². The van der Waals surface area contributed by atoms with Crippen LogP contribution >= 0.6 is 0 Å². The molecule has 0 atom stereocenters. The largest absolute Gasteiger partial charge is 0.489 e. The summed E-state index contributed by atoms with van der Waals surface area (Å²) >= 11 is 0. The molecule has 0 bridgehead atoms. The fourth-order valence-corrected chi connectivity index (χ4v) is 2.94. The number of furan rings is 1. The van der Waals surface area contributed by atoms with Crippen molar-refractivity contribution in [1.82, 2.24) is 0 Å². The quantitative estimate of drug-likeness (QED) is 0.648. The average molecular weight is 386 g/mol. The molecule has 140 valence electrons. The molecule has 0 fully saturated rings. The number of anilines is 2. The van der Waals surface area contributed by atoms with Crippen LogP contribution in [-0.4, -0.2) is 20.6 Å². The van der Waals surface area contributed by atoms with E-state index in [4.69, 9.17) is 9.15 Å². The Labute approximate surface area is 157 Å². The van der Waals surface area contributed by atoms with E-state index in [-0.39, 0.29) is 12.4 Å². The SMILES string of the molecule is CS(=O)(=O)Nc1cccc(NC(=O)c2occc2COc2ccccc2)c1. The zero-order chi connectivity index (χ0) is 19.3. The number of benzene rings is 2. The van der Waals surface area contributed by atoms with E-state index in [1.165, 1.54) is 12.3 Å². The summed E-state index contributed by atoms with van der Waals surface area (Å²) in [4.78, 5) is 12.5. The van der Waals surface area contributed by atoms with Gasteiger partial charge in [-0.2, -0.15) is 0 Å². The predicted molar refractivity (Wildman–Crippen MR) is 102 cm³/mol. The van der Waals surface area contributed by atoms with Crippen LogP contribution in [0.5, 0.6) is 5.75 Å². The third-order valence-corrected chi connectivity index (χ3v) is 4.12. The van der Waals surface area contributed by atoms with Gasteiger partial charge in [-0.1, -0.05) is 24.3 Å². The van der Waals surface area contributed by atoms with Crippen LogP contribution in [0.25, 0.3) is 0 Å². The van der Waals surface area contributed by atoms with Gasteiger partial charge in [0, 0.05) is 11.3 Å². The van der Waals surface area contributed by atoms with E-state index >= 15 is 0 Å². The molecule has 1 amide bonds. The molecule has 0 spiro atoms. The van der Waals surface area contributed by atoms with Crippen molar-refractivity contribution in [3.63, 3.8) is 0 Å². The van der Waals surface area contributed by atoms with Crippen LogP contribution in [-0.2, 0) is 16.6 Å². The van der Waals surface area contributed by atoms with Gasteiger partial charge in [-0.3, -0.25) is 9.52 Å². The molecule has 2 aromatic carbocycles. The van der Waals surface area contributed by atoms with E-state index in [1.54, 1.807) is 24.3 Å². The summed E-state index contributed by atoms with van der Waals surface area (Å²) in [6.45, 7) is 0.180. The molecule has 3 rings (SSSR count). The lowest BCUT2D eigenvalue weighted by molar-refractivity contribution is 0.0993. The molecule has 0 aliphatic rings. The highest BCUT2D eigenvalue weighted by Crippen LogP contribution is 2.20. The Morgan fingerprint density at radius 2 is 1.78 bits per heavy atom. The number of rotatable bonds is 7. The Morgan fingerprint density at radius 1 is 1.04 bits per heavy atom. The molecule has 0 saturated carbocycles. The fourth-order valence-electron chi connectivity index (χ4n) is 2.39. The number of hydrogen-bond acceptors (Lipinski definition) is 5. The van der Waals surface area contributed by atoms with Gasteiger partial charge in [-0.15, -0.1) is 0 Å². The first-order chi connectivity index (χ1) is 12.9. The molecule has 1 heterocycles. The highest BCUT2D eigenvalue weighted by molar-refractivity contribution is 7.92. The minimum atomic E-state index is -3.40. The number of carbonyl (C=O) groups excluding carboxylic acids is 1. The van der Waals surface area contributed by atoms with Gasteiger partial charge in [-0.05, 0) is 36.4 Å². The maximum atomic E-state index is 12.5. The lowest BCUT2D eigenvalue weighted by atomic mass is 10.2. The van der Waals surface area contributed by atoms with Crippen LogP contribution < -0.4 is 14.8 Å². The molecule has 27 heavy (non-hydrogen) atoms. The van der Waals surface area contributed by atoms with Crippen molar-refractivity contribution >= 4 is 27.3 Å². The third-order valence-electron chi connectivity index (χ3n) is 3.51. The number of nitrogens with one attached hydrogen (secondary N) is 2. The number of hydrogen-bond donors (Lipinski definition) is 2. The number of para-hydroxylation sites is 1. The topological polar surface area (TPSA) is 97.6 Å². The predicted octanol–water partition coefficient (Wildman–Crippen LogP) is 3.48. The van der Waals surface area contributed by atoms with E-state index in [1.807, 2.05) is 30.3 Å². The summed E-state index contributed by atoms with van der Waals surface area (Å²) in [5.74, 6) is 0.361. The monoisotopic (exact) mass is 386 g/mol.